The monoisotopic (exact) mass is 268 g/mol. The van der Waals surface area contributed by atoms with Gasteiger partial charge in [-0.05, 0) is 31.2 Å². The molecule has 2 bridgehead atoms. The zero-order chi connectivity index (χ0) is 13.4. The van der Waals surface area contributed by atoms with Gasteiger partial charge in [-0.25, -0.2) is 0 Å². The molecular formula is C16H21AlN2. The molecule has 0 amide bonds. The van der Waals surface area contributed by atoms with Crippen LogP contribution in [0, 0.1) is 5.92 Å². The Hall–Kier alpha value is -0.748. The standard InChI is InChI=1S/C16H21N2.Al/c1-11-8-14(17-13-6-4-3-5-7-13)10-16-12(2)9-15(11)18-16;/h3-4,6-7,12,14-18H,1,8-10H2,2H3;. The molecule has 2 aliphatic rings. The summed E-state index contributed by atoms with van der Waals surface area (Å²) in [7, 11) is 0. The van der Waals surface area contributed by atoms with Gasteiger partial charge in [0, 0.05) is 23.8 Å². The van der Waals surface area contributed by atoms with Gasteiger partial charge >= 0.3 is 0 Å². The SMILES string of the molecule is C=C1CC(Nc2ccc[c]([Al])c2)CC2NC1CC2C. The minimum Gasteiger partial charge on any atom is -0.382 e. The van der Waals surface area contributed by atoms with Crippen LogP contribution in [0.2, 0.25) is 0 Å². The Balaban J connectivity index is 1.73. The van der Waals surface area contributed by atoms with E-state index in [2.05, 4.69) is 64.7 Å². The average Bonchev–Trinajstić information content (AvgIpc) is 2.63. The van der Waals surface area contributed by atoms with Gasteiger partial charge in [0.15, 0.2) is 16.3 Å². The highest BCUT2D eigenvalue weighted by atomic mass is 27.0. The van der Waals surface area contributed by atoms with Crippen LogP contribution < -0.4 is 15.1 Å². The van der Waals surface area contributed by atoms with Crippen molar-refractivity contribution in [2.45, 2.75) is 44.3 Å². The molecule has 0 aromatic heterocycles. The van der Waals surface area contributed by atoms with Crippen LogP contribution in [0.15, 0.2) is 36.4 Å². The Bertz CT molecular complexity index is 485. The quantitative estimate of drug-likeness (QED) is 0.633. The third-order valence-electron chi connectivity index (χ3n) is 4.51. The van der Waals surface area contributed by atoms with Crippen molar-refractivity contribution in [1.29, 1.82) is 0 Å². The van der Waals surface area contributed by atoms with E-state index >= 15 is 0 Å². The summed E-state index contributed by atoms with van der Waals surface area (Å²) >= 11 is 2.76. The summed E-state index contributed by atoms with van der Waals surface area (Å²) in [6.07, 6.45) is 3.54. The van der Waals surface area contributed by atoms with E-state index in [0.29, 0.717) is 18.1 Å². The molecule has 0 spiro atoms. The molecule has 0 aliphatic carbocycles. The molecule has 1 aromatic carbocycles. The van der Waals surface area contributed by atoms with Crippen molar-refractivity contribution in [2.24, 2.45) is 5.92 Å². The number of hydrogen-bond acceptors (Lipinski definition) is 2. The first-order chi connectivity index (χ1) is 9.11. The molecule has 0 saturated carbocycles. The molecule has 3 rings (SSSR count). The van der Waals surface area contributed by atoms with E-state index in [1.807, 2.05) is 0 Å². The second kappa shape index (κ2) is 5.33. The molecule has 2 N–H and O–H groups in total. The van der Waals surface area contributed by atoms with Crippen LogP contribution in [0.25, 0.3) is 0 Å². The normalized spacial score (nSPS) is 34.1. The van der Waals surface area contributed by atoms with Gasteiger partial charge in [-0.3, -0.25) is 0 Å². The molecule has 2 radical (unpaired) electrons. The van der Waals surface area contributed by atoms with Gasteiger partial charge < -0.3 is 10.6 Å². The van der Waals surface area contributed by atoms with Gasteiger partial charge in [-0.15, -0.1) is 4.43 Å². The number of fused-ring (bicyclic) bond motifs is 2. The second-order valence-corrected chi connectivity index (χ2v) is 6.77. The van der Waals surface area contributed by atoms with Gasteiger partial charge in [0.2, 0.25) is 0 Å². The highest BCUT2D eigenvalue weighted by Gasteiger charge is 2.37. The van der Waals surface area contributed by atoms with Crippen molar-refractivity contribution < 1.29 is 0 Å². The fourth-order valence-corrected chi connectivity index (χ4v) is 3.73. The maximum Gasteiger partial charge on any atom is 0.175 e. The molecule has 2 heterocycles. The molecule has 4 atom stereocenters. The lowest BCUT2D eigenvalue weighted by Crippen LogP contribution is -2.32. The lowest BCUT2D eigenvalue weighted by atomic mass is 9.88. The van der Waals surface area contributed by atoms with E-state index in [1.54, 1.807) is 0 Å². The number of rotatable bonds is 2. The van der Waals surface area contributed by atoms with E-state index < -0.39 is 0 Å². The van der Waals surface area contributed by atoms with E-state index in [-0.39, 0.29) is 0 Å². The smallest absolute Gasteiger partial charge is 0.175 e. The maximum atomic E-state index is 4.29. The highest BCUT2D eigenvalue weighted by Crippen LogP contribution is 2.33. The topological polar surface area (TPSA) is 24.1 Å². The van der Waals surface area contributed by atoms with Crippen LogP contribution in [0.5, 0.6) is 0 Å². The first-order valence-electron chi connectivity index (χ1n) is 7.17. The third kappa shape index (κ3) is 2.89. The Morgan fingerprint density at radius 3 is 3.00 bits per heavy atom. The zero-order valence-corrected chi connectivity index (χ0v) is 12.7. The lowest BCUT2D eigenvalue weighted by Gasteiger charge is -2.25. The molecule has 2 nitrogen and oxygen atoms in total. The first kappa shape index (κ1) is 13.2. The summed E-state index contributed by atoms with van der Waals surface area (Å²) in [6, 6.07) is 10.2. The van der Waals surface area contributed by atoms with Gasteiger partial charge in [0.05, 0.1) is 0 Å². The van der Waals surface area contributed by atoms with Crippen molar-refractivity contribution in [3.05, 3.63) is 36.4 Å². The molecular weight excluding hydrogens is 247 g/mol. The number of benzene rings is 1. The van der Waals surface area contributed by atoms with E-state index in [4.69, 9.17) is 0 Å². The van der Waals surface area contributed by atoms with Crippen molar-refractivity contribution in [1.82, 2.24) is 5.32 Å². The van der Waals surface area contributed by atoms with Crippen LogP contribution in [-0.4, -0.2) is 34.4 Å². The van der Waals surface area contributed by atoms with Crippen LogP contribution in [0.1, 0.15) is 26.2 Å². The van der Waals surface area contributed by atoms with E-state index in [1.165, 1.54) is 28.5 Å². The van der Waals surface area contributed by atoms with Gasteiger partial charge in [0.25, 0.3) is 0 Å². The fourth-order valence-electron chi connectivity index (χ4n) is 3.43. The second-order valence-electron chi connectivity index (χ2n) is 6.10. The van der Waals surface area contributed by atoms with Gasteiger partial charge in [-0.1, -0.05) is 37.3 Å². The van der Waals surface area contributed by atoms with Crippen LogP contribution >= 0.6 is 0 Å². The molecule has 1 aromatic rings. The summed E-state index contributed by atoms with van der Waals surface area (Å²) in [5.74, 6) is 0.763. The van der Waals surface area contributed by atoms with Crippen molar-refractivity contribution in [3.63, 3.8) is 0 Å². The van der Waals surface area contributed by atoms with Crippen molar-refractivity contribution in [3.8, 4) is 0 Å². The van der Waals surface area contributed by atoms with Crippen LogP contribution in [0.3, 0.4) is 0 Å². The van der Waals surface area contributed by atoms with Gasteiger partial charge in [0.1, 0.15) is 0 Å². The highest BCUT2D eigenvalue weighted by molar-refractivity contribution is 6.32. The number of anilines is 1. The average molecular weight is 268 g/mol. The predicted octanol–water partition coefficient (Wildman–Crippen LogP) is 1.98. The van der Waals surface area contributed by atoms with E-state index in [9.17, 15) is 0 Å². The predicted molar refractivity (Wildman–Crippen MR) is 82.1 cm³/mol. The molecule has 2 saturated heterocycles. The minimum absolute atomic E-state index is 0.504. The van der Waals surface area contributed by atoms with Crippen molar-refractivity contribution >= 4 is 26.4 Å². The largest absolute Gasteiger partial charge is 0.382 e. The Labute approximate surface area is 124 Å². The summed E-state index contributed by atoms with van der Waals surface area (Å²) in [4.78, 5) is 0. The van der Waals surface area contributed by atoms with Gasteiger partial charge in [-0.2, -0.15) is 0 Å². The zero-order valence-electron chi connectivity index (χ0n) is 11.5. The summed E-state index contributed by atoms with van der Waals surface area (Å²) < 4.78 is 1.23. The molecule has 2 aliphatic heterocycles. The maximum absolute atomic E-state index is 4.29. The molecule has 3 heteroatoms. The Kier molecular flexibility index (Phi) is 3.71. The lowest BCUT2D eigenvalue weighted by molar-refractivity contribution is 0.428. The number of nitrogens with one attached hydrogen (secondary N) is 2. The summed E-state index contributed by atoms with van der Waals surface area (Å²) in [6.45, 7) is 6.65. The number of hydrogen-bond donors (Lipinski definition) is 2. The van der Waals surface area contributed by atoms with Crippen molar-refractivity contribution in [2.75, 3.05) is 5.32 Å². The van der Waals surface area contributed by atoms with E-state index in [0.717, 1.165) is 12.3 Å². The Morgan fingerprint density at radius 2 is 2.21 bits per heavy atom. The summed E-state index contributed by atoms with van der Waals surface area (Å²) in [5.41, 5.74) is 2.59. The molecule has 98 valence electrons. The third-order valence-corrected chi connectivity index (χ3v) is 4.87. The Morgan fingerprint density at radius 1 is 1.37 bits per heavy atom. The van der Waals surface area contributed by atoms with Crippen LogP contribution in [-0.2, 0) is 0 Å². The van der Waals surface area contributed by atoms with Crippen LogP contribution in [0.4, 0.5) is 5.69 Å². The minimum atomic E-state index is 0.504. The molecule has 2 fully saturated rings. The molecule has 19 heavy (non-hydrogen) atoms. The summed E-state index contributed by atoms with van der Waals surface area (Å²) in [5, 5.41) is 7.42. The first-order valence-corrected chi connectivity index (χ1v) is 7.75. The fraction of sp³-hybridized carbons (Fsp3) is 0.500. The molecule has 4 unspecified atom stereocenters.